The lowest BCUT2D eigenvalue weighted by Crippen LogP contribution is -2.50. The molecule has 2 unspecified atom stereocenters. The summed E-state index contributed by atoms with van der Waals surface area (Å²) < 4.78 is 0. The molecule has 0 saturated carbocycles. The van der Waals surface area contributed by atoms with Crippen LogP contribution in [-0.4, -0.2) is 29.9 Å². The second-order valence-corrected chi connectivity index (χ2v) is 4.75. The normalized spacial score (nSPS) is 27.1. The Morgan fingerprint density at radius 1 is 1.40 bits per heavy atom. The zero-order chi connectivity index (χ0) is 11.3. The predicted molar refractivity (Wildman–Crippen MR) is 62.5 cm³/mol. The zero-order valence-corrected chi connectivity index (χ0v) is 10.0. The number of hydrogen-bond donors (Lipinski definition) is 1. The summed E-state index contributed by atoms with van der Waals surface area (Å²) in [5, 5.41) is 0. The van der Waals surface area contributed by atoms with Crippen LogP contribution in [0.2, 0.25) is 0 Å². The summed E-state index contributed by atoms with van der Waals surface area (Å²) in [4.78, 5) is 13.6. The van der Waals surface area contributed by atoms with Gasteiger partial charge in [-0.05, 0) is 12.3 Å². The summed E-state index contributed by atoms with van der Waals surface area (Å²) in [7, 11) is 0. The number of likely N-dealkylation sites (tertiary alicyclic amines) is 1. The highest BCUT2D eigenvalue weighted by atomic mass is 16.2. The molecule has 0 aromatic heterocycles. The first-order chi connectivity index (χ1) is 7.15. The third kappa shape index (κ3) is 3.82. The van der Waals surface area contributed by atoms with E-state index < -0.39 is 0 Å². The maximum atomic E-state index is 11.7. The van der Waals surface area contributed by atoms with E-state index in [4.69, 9.17) is 5.73 Å². The SMILES string of the molecule is CCCCCCN1CC(N)C(C)CC1=O. The number of nitrogens with two attached hydrogens (primary N) is 1. The summed E-state index contributed by atoms with van der Waals surface area (Å²) >= 11 is 0. The Labute approximate surface area is 93.0 Å². The number of piperidine rings is 1. The van der Waals surface area contributed by atoms with Gasteiger partial charge in [-0.3, -0.25) is 4.79 Å². The fourth-order valence-electron chi connectivity index (χ4n) is 2.04. The van der Waals surface area contributed by atoms with Gasteiger partial charge in [-0.1, -0.05) is 33.1 Å². The van der Waals surface area contributed by atoms with E-state index in [0.29, 0.717) is 18.2 Å². The molecule has 1 fully saturated rings. The van der Waals surface area contributed by atoms with Crippen molar-refractivity contribution in [3.05, 3.63) is 0 Å². The van der Waals surface area contributed by atoms with Crippen molar-refractivity contribution in [1.29, 1.82) is 0 Å². The highest BCUT2D eigenvalue weighted by molar-refractivity contribution is 5.77. The Bertz CT molecular complexity index is 206. The lowest BCUT2D eigenvalue weighted by Gasteiger charge is -2.34. The van der Waals surface area contributed by atoms with E-state index in [1.807, 2.05) is 4.90 Å². The fourth-order valence-corrected chi connectivity index (χ4v) is 2.04. The molecule has 1 aliphatic heterocycles. The van der Waals surface area contributed by atoms with E-state index in [-0.39, 0.29) is 6.04 Å². The summed E-state index contributed by atoms with van der Waals surface area (Å²) in [6.45, 7) is 5.92. The van der Waals surface area contributed by atoms with Crippen molar-refractivity contribution >= 4 is 5.91 Å². The molecule has 0 radical (unpaired) electrons. The summed E-state index contributed by atoms with van der Waals surface area (Å²) in [5.41, 5.74) is 5.97. The molecule has 2 atom stereocenters. The van der Waals surface area contributed by atoms with Crippen LogP contribution in [0.5, 0.6) is 0 Å². The van der Waals surface area contributed by atoms with Crippen LogP contribution in [0.4, 0.5) is 0 Å². The second kappa shape index (κ2) is 6.11. The van der Waals surface area contributed by atoms with Crippen LogP contribution in [0.25, 0.3) is 0 Å². The number of hydrogen-bond acceptors (Lipinski definition) is 2. The molecule has 1 rings (SSSR count). The number of rotatable bonds is 5. The van der Waals surface area contributed by atoms with E-state index >= 15 is 0 Å². The minimum Gasteiger partial charge on any atom is -0.341 e. The van der Waals surface area contributed by atoms with Crippen LogP contribution < -0.4 is 5.73 Å². The maximum Gasteiger partial charge on any atom is 0.222 e. The van der Waals surface area contributed by atoms with E-state index in [1.54, 1.807) is 0 Å². The van der Waals surface area contributed by atoms with Crippen molar-refractivity contribution in [2.45, 2.75) is 52.0 Å². The molecule has 0 spiro atoms. The van der Waals surface area contributed by atoms with Gasteiger partial charge < -0.3 is 10.6 Å². The van der Waals surface area contributed by atoms with Crippen LogP contribution in [0.15, 0.2) is 0 Å². The van der Waals surface area contributed by atoms with Crippen LogP contribution >= 0.6 is 0 Å². The second-order valence-electron chi connectivity index (χ2n) is 4.75. The number of carbonyl (C=O) groups is 1. The molecule has 1 aliphatic rings. The summed E-state index contributed by atoms with van der Waals surface area (Å²) in [6.07, 6.45) is 5.50. The van der Waals surface area contributed by atoms with Crippen LogP contribution in [-0.2, 0) is 4.79 Å². The third-order valence-corrected chi connectivity index (χ3v) is 3.29. The molecular formula is C12H24N2O. The summed E-state index contributed by atoms with van der Waals surface area (Å²) in [6, 6.07) is 0.175. The average Bonchev–Trinajstić information content (AvgIpc) is 2.20. The Hall–Kier alpha value is -0.570. The molecule has 2 N–H and O–H groups in total. The van der Waals surface area contributed by atoms with Crippen molar-refractivity contribution < 1.29 is 4.79 Å². The molecule has 1 amide bonds. The highest BCUT2D eigenvalue weighted by Gasteiger charge is 2.28. The third-order valence-electron chi connectivity index (χ3n) is 3.29. The van der Waals surface area contributed by atoms with E-state index in [0.717, 1.165) is 19.5 Å². The van der Waals surface area contributed by atoms with E-state index in [9.17, 15) is 4.79 Å². The lowest BCUT2D eigenvalue weighted by atomic mass is 9.93. The maximum absolute atomic E-state index is 11.7. The van der Waals surface area contributed by atoms with Crippen LogP contribution in [0, 0.1) is 5.92 Å². The minimum absolute atomic E-state index is 0.175. The van der Waals surface area contributed by atoms with Crippen molar-refractivity contribution in [3.63, 3.8) is 0 Å². The molecule has 0 aromatic carbocycles. The van der Waals surface area contributed by atoms with Gasteiger partial charge in [-0.15, -0.1) is 0 Å². The van der Waals surface area contributed by atoms with Gasteiger partial charge in [-0.25, -0.2) is 0 Å². The van der Waals surface area contributed by atoms with Crippen LogP contribution in [0.3, 0.4) is 0 Å². The van der Waals surface area contributed by atoms with E-state index in [1.165, 1.54) is 19.3 Å². The zero-order valence-electron chi connectivity index (χ0n) is 10.0. The van der Waals surface area contributed by atoms with Gasteiger partial charge in [0.05, 0.1) is 0 Å². The lowest BCUT2D eigenvalue weighted by molar-refractivity contribution is -0.135. The van der Waals surface area contributed by atoms with Crippen molar-refractivity contribution in [2.75, 3.05) is 13.1 Å². The molecule has 15 heavy (non-hydrogen) atoms. The number of carbonyl (C=O) groups excluding carboxylic acids is 1. The predicted octanol–water partition coefficient (Wildman–Crippen LogP) is 1.76. The van der Waals surface area contributed by atoms with Crippen molar-refractivity contribution in [3.8, 4) is 0 Å². The first-order valence-electron chi connectivity index (χ1n) is 6.18. The largest absolute Gasteiger partial charge is 0.341 e. The monoisotopic (exact) mass is 212 g/mol. The Morgan fingerprint density at radius 2 is 2.13 bits per heavy atom. The number of nitrogens with zero attached hydrogens (tertiary/aromatic N) is 1. The van der Waals surface area contributed by atoms with Gasteiger partial charge in [0, 0.05) is 25.6 Å². The van der Waals surface area contributed by atoms with Gasteiger partial charge in [0.25, 0.3) is 0 Å². The minimum atomic E-state index is 0.175. The number of unbranched alkanes of at least 4 members (excludes halogenated alkanes) is 3. The first-order valence-corrected chi connectivity index (χ1v) is 6.18. The molecule has 88 valence electrons. The van der Waals surface area contributed by atoms with Crippen molar-refractivity contribution in [2.24, 2.45) is 11.7 Å². The molecular weight excluding hydrogens is 188 g/mol. The molecule has 3 heteroatoms. The number of amides is 1. The Morgan fingerprint density at radius 3 is 2.80 bits per heavy atom. The smallest absolute Gasteiger partial charge is 0.222 e. The molecule has 1 heterocycles. The highest BCUT2D eigenvalue weighted by Crippen LogP contribution is 2.17. The first kappa shape index (κ1) is 12.5. The van der Waals surface area contributed by atoms with Gasteiger partial charge in [-0.2, -0.15) is 0 Å². The molecule has 0 bridgehead atoms. The fraction of sp³-hybridized carbons (Fsp3) is 0.917. The Kier molecular flexibility index (Phi) is 5.09. The topological polar surface area (TPSA) is 46.3 Å². The molecule has 0 aromatic rings. The van der Waals surface area contributed by atoms with E-state index in [2.05, 4.69) is 13.8 Å². The molecule has 1 saturated heterocycles. The quantitative estimate of drug-likeness (QED) is 0.706. The molecule has 0 aliphatic carbocycles. The van der Waals surface area contributed by atoms with Gasteiger partial charge in [0.2, 0.25) is 5.91 Å². The van der Waals surface area contributed by atoms with Gasteiger partial charge in [0.15, 0.2) is 0 Å². The van der Waals surface area contributed by atoms with Crippen LogP contribution in [0.1, 0.15) is 46.0 Å². The molecule has 3 nitrogen and oxygen atoms in total. The van der Waals surface area contributed by atoms with Crippen molar-refractivity contribution in [1.82, 2.24) is 4.90 Å². The Balaban J connectivity index is 2.25. The standard InChI is InChI=1S/C12H24N2O/c1-3-4-5-6-7-14-9-11(13)10(2)8-12(14)15/h10-11H,3-9,13H2,1-2H3. The average molecular weight is 212 g/mol. The van der Waals surface area contributed by atoms with Gasteiger partial charge in [0.1, 0.15) is 0 Å². The summed E-state index contributed by atoms with van der Waals surface area (Å²) in [5.74, 6) is 0.644. The van der Waals surface area contributed by atoms with Gasteiger partial charge >= 0.3 is 0 Å².